The van der Waals surface area contributed by atoms with Gasteiger partial charge in [-0.2, -0.15) is 16.8 Å². The van der Waals surface area contributed by atoms with Crippen molar-refractivity contribution in [2.75, 3.05) is 13.2 Å². The molecule has 2 aromatic carbocycles. The molecule has 0 atom stereocenters. The molecule has 186 valence electrons. The zero-order valence-corrected chi connectivity index (χ0v) is 20.9. The molecule has 4 rings (SSSR count). The predicted molar refractivity (Wildman–Crippen MR) is 125 cm³/mol. The topological polar surface area (TPSA) is 127 Å². The maximum atomic E-state index is 12.1. The van der Waals surface area contributed by atoms with E-state index in [1.165, 1.54) is 12.1 Å². The fourth-order valence-corrected chi connectivity index (χ4v) is 6.77. The molecule has 1 spiro atoms. The normalized spacial score (nSPS) is 20.0. The van der Waals surface area contributed by atoms with Crippen molar-refractivity contribution in [3.8, 4) is 0 Å². The van der Waals surface area contributed by atoms with E-state index in [0.717, 1.165) is 11.1 Å². The Kier molecular flexibility index (Phi) is 6.69. The molecule has 0 radical (unpaired) electrons. The summed E-state index contributed by atoms with van der Waals surface area (Å²) >= 11 is 0. The van der Waals surface area contributed by atoms with Gasteiger partial charge in [0.1, 0.15) is 0 Å². The van der Waals surface area contributed by atoms with Crippen molar-refractivity contribution < 1.29 is 35.4 Å². The molecular formula is C24H30O8S2. The summed E-state index contributed by atoms with van der Waals surface area (Å²) in [5, 5.41) is 0. The predicted octanol–water partition coefficient (Wildman–Crippen LogP) is 3.89. The average Bonchev–Trinajstić information content (AvgIpc) is 3.17. The van der Waals surface area contributed by atoms with Crippen LogP contribution in [0.1, 0.15) is 47.9 Å². The van der Waals surface area contributed by atoms with Gasteiger partial charge in [0.25, 0.3) is 20.2 Å². The highest BCUT2D eigenvalue weighted by Crippen LogP contribution is 2.49. The van der Waals surface area contributed by atoms with Crippen LogP contribution in [0.2, 0.25) is 0 Å². The molecule has 10 heteroatoms. The third-order valence-corrected chi connectivity index (χ3v) is 8.91. The monoisotopic (exact) mass is 510 g/mol. The molecule has 2 aliphatic rings. The Balaban J connectivity index is 1.78. The standard InChI is InChI=1S/C24H30O8S2/c1-17-3-5-21(33(25,26)27)19(13-17)15-23(7-9-24(10-8-23)31-11-12-32-24)16-20-14-18(2)4-6-22(20)34(28,29)30/h3-6,13-14H,7-12,15-16H2,1-2H3,(H,25,26,27)(H,28,29,30). The number of ether oxygens (including phenoxy) is 2. The van der Waals surface area contributed by atoms with Gasteiger partial charge in [0.2, 0.25) is 0 Å². The maximum absolute atomic E-state index is 12.1. The Labute approximate surface area is 200 Å². The van der Waals surface area contributed by atoms with Crippen molar-refractivity contribution >= 4 is 20.2 Å². The Morgan fingerprint density at radius 2 is 1.15 bits per heavy atom. The molecule has 1 heterocycles. The molecule has 34 heavy (non-hydrogen) atoms. The molecule has 2 aromatic rings. The van der Waals surface area contributed by atoms with Gasteiger partial charge >= 0.3 is 0 Å². The molecular weight excluding hydrogens is 480 g/mol. The minimum Gasteiger partial charge on any atom is -0.348 e. The van der Waals surface area contributed by atoms with Gasteiger partial charge in [0.05, 0.1) is 23.0 Å². The Morgan fingerprint density at radius 3 is 1.53 bits per heavy atom. The molecule has 1 aliphatic heterocycles. The summed E-state index contributed by atoms with van der Waals surface area (Å²) in [5.74, 6) is -0.666. The summed E-state index contributed by atoms with van der Waals surface area (Å²) in [6.07, 6.45) is 2.94. The van der Waals surface area contributed by atoms with Crippen LogP contribution >= 0.6 is 0 Å². The van der Waals surface area contributed by atoms with Crippen LogP contribution in [-0.2, 0) is 42.6 Å². The summed E-state index contributed by atoms with van der Waals surface area (Å²) in [5.41, 5.74) is 2.12. The smallest absolute Gasteiger partial charge is 0.294 e. The van der Waals surface area contributed by atoms with Gasteiger partial charge in [0.15, 0.2) is 5.79 Å². The lowest BCUT2D eigenvalue weighted by atomic mass is 9.65. The Morgan fingerprint density at radius 1 is 0.735 bits per heavy atom. The third-order valence-electron chi connectivity index (χ3n) is 7.00. The SMILES string of the molecule is Cc1ccc(S(=O)(=O)O)c(CC2(Cc3cc(C)ccc3S(=O)(=O)O)CCC3(CC2)OCCO3)c1. The molecule has 0 aromatic heterocycles. The summed E-state index contributed by atoms with van der Waals surface area (Å²) in [6, 6.07) is 9.56. The van der Waals surface area contributed by atoms with Crippen LogP contribution in [0, 0.1) is 19.3 Å². The lowest BCUT2D eigenvalue weighted by molar-refractivity contribution is -0.191. The largest absolute Gasteiger partial charge is 0.348 e. The molecule has 8 nitrogen and oxygen atoms in total. The fraction of sp³-hybridized carbons (Fsp3) is 0.500. The van der Waals surface area contributed by atoms with Crippen molar-refractivity contribution in [2.24, 2.45) is 5.41 Å². The van der Waals surface area contributed by atoms with E-state index in [1.807, 2.05) is 13.8 Å². The van der Waals surface area contributed by atoms with Crippen LogP contribution in [0.15, 0.2) is 46.2 Å². The van der Waals surface area contributed by atoms with E-state index in [1.54, 1.807) is 24.3 Å². The van der Waals surface area contributed by atoms with Gasteiger partial charge in [-0.3, -0.25) is 9.11 Å². The van der Waals surface area contributed by atoms with Crippen LogP contribution in [0.25, 0.3) is 0 Å². The van der Waals surface area contributed by atoms with Gasteiger partial charge < -0.3 is 9.47 Å². The summed E-state index contributed by atoms with van der Waals surface area (Å²) in [7, 11) is -8.89. The first-order chi connectivity index (χ1) is 15.8. The second-order valence-corrected chi connectivity index (χ2v) is 12.4. The van der Waals surface area contributed by atoms with Crippen molar-refractivity contribution in [2.45, 2.75) is 68.0 Å². The third kappa shape index (κ3) is 5.37. The second kappa shape index (κ2) is 9.00. The van der Waals surface area contributed by atoms with Gasteiger partial charge in [-0.1, -0.05) is 35.4 Å². The lowest BCUT2D eigenvalue weighted by Gasteiger charge is -2.44. The number of benzene rings is 2. The van der Waals surface area contributed by atoms with Crippen molar-refractivity contribution in [1.29, 1.82) is 0 Å². The lowest BCUT2D eigenvalue weighted by Crippen LogP contribution is -2.42. The van der Waals surface area contributed by atoms with Crippen molar-refractivity contribution in [3.05, 3.63) is 58.7 Å². The molecule has 0 bridgehead atoms. The fourth-order valence-electron chi connectivity index (χ4n) is 5.37. The van der Waals surface area contributed by atoms with E-state index in [2.05, 4.69) is 0 Å². The Hall–Kier alpha value is -1.82. The molecule has 1 saturated carbocycles. The zero-order chi connectivity index (χ0) is 24.8. The minimum absolute atomic E-state index is 0.148. The van der Waals surface area contributed by atoms with E-state index in [0.29, 0.717) is 62.9 Å². The molecule has 2 fully saturated rings. The first-order valence-electron chi connectivity index (χ1n) is 11.2. The number of hydrogen-bond acceptors (Lipinski definition) is 6. The van der Waals surface area contributed by atoms with Gasteiger partial charge in [-0.15, -0.1) is 0 Å². The van der Waals surface area contributed by atoms with Crippen LogP contribution < -0.4 is 0 Å². The van der Waals surface area contributed by atoms with Crippen molar-refractivity contribution in [1.82, 2.24) is 0 Å². The second-order valence-electron chi connectivity index (χ2n) is 9.63. The number of hydrogen-bond donors (Lipinski definition) is 2. The van der Waals surface area contributed by atoms with E-state index >= 15 is 0 Å². The van der Waals surface area contributed by atoms with E-state index in [4.69, 9.17) is 9.47 Å². The average molecular weight is 511 g/mol. The van der Waals surface area contributed by atoms with Gasteiger partial charge in [-0.05, 0) is 68.2 Å². The first kappa shape index (κ1) is 25.3. The summed E-state index contributed by atoms with van der Waals surface area (Å²) in [4.78, 5) is -0.296. The summed E-state index contributed by atoms with van der Waals surface area (Å²) in [6.45, 7) is 4.72. The number of rotatable bonds is 6. The number of aryl methyl sites for hydroxylation is 2. The van der Waals surface area contributed by atoms with E-state index < -0.39 is 31.4 Å². The first-order valence-corrected chi connectivity index (χ1v) is 14.1. The molecule has 2 N–H and O–H groups in total. The van der Waals surface area contributed by atoms with Crippen LogP contribution in [0.5, 0.6) is 0 Å². The molecule has 0 amide bonds. The van der Waals surface area contributed by atoms with Gasteiger partial charge in [0, 0.05) is 12.8 Å². The van der Waals surface area contributed by atoms with E-state index in [-0.39, 0.29) is 9.79 Å². The van der Waals surface area contributed by atoms with Crippen LogP contribution in [0.4, 0.5) is 0 Å². The van der Waals surface area contributed by atoms with Crippen LogP contribution in [-0.4, -0.2) is 44.9 Å². The van der Waals surface area contributed by atoms with Gasteiger partial charge in [-0.25, -0.2) is 0 Å². The molecule has 0 unspecified atom stereocenters. The van der Waals surface area contributed by atoms with E-state index in [9.17, 15) is 25.9 Å². The van der Waals surface area contributed by atoms with Crippen molar-refractivity contribution in [3.63, 3.8) is 0 Å². The minimum atomic E-state index is -4.45. The highest BCUT2D eigenvalue weighted by Gasteiger charge is 2.47. The highest BCUT2D eigenvalue weighted by molar-refractivity contribution is 7.86. The zero-order valence-electron chi connectivity index (χ0n) is 19.3. The molecule has 1 aliphatic carbocycles. The molecule has 1 saturated heterocycles. The highest BCUT2D eigenvalue weighted by atomic mass is 32.2. The quantitative estimate of drug-likeness (QED) is 0.561. The van der Waals surface area contributed by atoms with Crippen LogP contribution in [0.3, 0.4) is 0 Å². The summed E-state index contributed by atoms with van der Waals surface area (Å²) < 4.78 is 79.9. The Bertz CT molecular complexity index is 1200. The maximum Gasteiger partial charge on any atom is 0.294 e.